The van der Waals surface area contributed by atoms with E-state index in [-0.39, 0.29) is 5.91 Å². The first-order valence-electron chi connectivity index (χ1n) is 5.15. The quantitative estimate of drug-likeness (QED) is 0.945. The van der Waals surface area contributed by atoms with E-state index in [9.17, 15) is 4.79 Å². The van der Waals surface area contributed by atoms with Crippen molar-refractivity contribution in [2.45, 2.75) is 6.54 Å². The van der Waals surface area contributed by atoms with Crippen molar-refractivity contribution in [2.75, 3.05) is 7.05 Å². The van der Waals surface area contributed by atoms with Gasteiger partial charge in [-0.2, -0.15) is 0 Å². The highest BCUT2D eigenvalue weighted by atomic mass is 79.9. The van der Waals surface area contributed by atoms with Gasteiger partial charge in [-0.3, -0.25) is 9.78 Å². The van der Waals surface area contributed by atoms with Crippen LogP contribution in [0.5, 0.6) is 0 Å². The molecule has 1 N–H and O–H groups in total. The van der Waals surface area contributed by atoms with Crippen LogP contribution in [-0.2, 0) is 6.54 Å². The SMILES string of the molecule is CN(Cc1cccnc1)C(=O)c1cc(Br)c[nH]1. The van der Waals surface area contributed by atoms with Gasteiger partial charge >= 0.3 is 0 Å². The van der Waals surface area contributed by atoms with Crippen LogP contribution in [0.2, 0.25) is 0 Å². The molecule has 2 aromatic rings. The number of halogens is 1. The average Bonchev–Trinajstić information content (AvgIpc) is 2.76. The molecular formula is C12H12BrN3O. The summed E-state index contributed by atoms with van der Waals surface area (Å²) in [7, 11) is 1.77. The van der Waals surface area contributed by atoms with E-state index < -0.39 is 0 Å². The summed E-state index contributed by atoms with van der Waals surface area (Å²) in [5, 5.41) is 0. The van der Waals surface area contributed by atoms with Crippen molar-refractivity contribution < 1.29 is 4.79 Å². The van der Waals surface area contributed by atoms with E-state index in [2.05, 4.69) is 25.9 Å². The summed E-state index contributed by atoms with van der Waals surface area (Å²) >= 11 is 3.30. The molecule has 5 heteroatoms. The van der Waals surface area contributed by atoms with Crippen LogP contribution >= 0.6 is 15.9 Å². The van der Waals surface area contributed by atoms with Gasteiger partial charge in [-0.1, -0.05) is 6.07 Å². The van der Waals surface area contributed by atoms with Crippen LogP contribution in [0.15, 0.2) is 41.3 Å². The summed E-state index contributed by atoms with van der Waals surface area (Å²) in [4.78, 5) is 20.6. The summed E-state index contributed by atoms with van der Waals surface area (Å²) in [6.07, 6.45) is 5.22. The summed E-state index contributed by atoms with van der Waals surface area (Å²) in [6.45, 7) is 0.545. The molecule has 0 aliphatic rings. The molecule has 17 heavy (non-hydrogen) atoms. The first kappa shape index (κ1) is 11.9. The van der Waals surface area contributed by atoms with E-state index in [4.69, 9.17) is 0 Å². The van der Waals surface area contributed by atoms with Crippen LogP contribution < -0.4 is 0 Å². The molecule has 0 aliphatic heterocycles. The monoisotopic (exact) mass is 293 g/mol. The third kappa shape index (κ3) is 2.94. The van der Waals surface area contributed by atoms with Crippen molar-refractivity contribution in [1.29, 1.82) is 0 Å². The maximum absolute atomic E-state index is 12.0. The van der Waals surface area contributed by atoms with Gasteiger partial charge < -0.3 is 9.88 Å². The number of H-pyrrole nitrogens is 1. The van der Waals surface area contributed by atoms with Crippen LogP contribution in [0.25, 0.3) is 0 Å². The Morgan fingerprint density at radius 3 is 3.00 bits per heavy atom. The molecule has 0 aliphatic carbocycles. The predicted octanol–water partition coefficient (Wildman–Crippen LogP) is 2.44. The molecule has 0 saturated heterocycles. The largest absolute Gasteiger partial charge is 0.356 e. The number of rotatable bonds is 3. The van der Waals surface area contributed by atoms with Crippen LogP contribution in [0.1, 0.15) is 16.1 Å². The van der Waals surface area contributed by atoms with Gasteiger partial charge in [0, 0.05) is 36.7 Å². The number of nitrogens with zero attached hydrogens (tertiary/aromatic N) is 2. The highest BCUT2D eigenvalue weighted by molar-refractivity contribution is 9.10. The number of pyridine rings is 1. The minimum absolute atomic E-state index is 0.0421. The predicted molar refractivity (Wildman–Crippen MR) is 68.5 cm³/mol. The fourth-order valence-electron chi connectivity index (χ4n) is 1.53. The minimum Gasteiger partial charge on any atom is -0.356 e. The molecule has 0 fully saturated rings. The topological polar surface area (TPSA) is 49.0 Å². The summed E-state index contributed by atoms with van der Waals surface area (Å²) < 4.78 is 0.871. The van der Waals surface area contributed by atoms with E-state index in [1.165, 1.54) is 0 Å². The van der Waals surface area contributed by atoms with Crippen molar-refractivity contribution >= 4 is 21.8 Å². The van der Waals surface area contributed by atoms with Crippen molar-refractivity contribution in [3.63, 3.8) is 0 Å². The first-order valence-corrected chi connectivity index (χ1v) is 5.94. The highest BCUT2D eigenvalue weighted by Crippen LogP contribution is 2.13. The molecule has 0 bridgehead atoms. The Hall–Kier alpha value is -1.62. The smallest absolute Gasteiger partial charge is 0.270 e. The van der Waals surface area contributed by atoms with Gasteiger partial charge in [-0.05, 0) is 33.6 Å². The molecule has 0 spiro atoms. The zero-order valence-electron chi connectivity index (χ0n) is 9.35. The second kappa shape index (κ2) is 5.14. The van der Waals surface area contributed by atoms with E-state index in [1.807, 2.05) is 12.1 Å². The minimum atomic E-state index is -0.0421. The van der Waals surface area contributed by atoms with E-state index in [1.54, 1.807) is 36.6 Å². The molecule has 88 valence electrons. The molecule has 4 nitrogen and oxygen atoms in total. The summed E-state index contributed by atoms with van der Waals surface area (Å²) in [5.74, 6) is -0.0421. The van der Waals surface area contributed by atoms with Crippen LogP contribution in [0.3, 0.4) is 0 Å². The lowest BCUT2D eigenvalue weighted by Crippen LogP contribution is -2.26. The van der Waals surface area contributed by atoms with Crippen molar-refractivity contribution in [2.24, 2.45) is 0 Å². The van der Waals surface area contributed by atoms with Gasteiger partial charge in [0.25, 0.3) is 5.91 Å². The normalized spacial score (nSPS) is 10.2. The summed E-state index contributed by atoms with van der Waals surface area (Å²) in [6, 6.07) is 5.57. The molecular weight excluding hydrogens is 282 g/mol. The third-order valence-corrected chi connectivity index (χ3v) is 2.83. The number of carbonyl (C=O) groups excluding carboxylic acids is 1. The fourth-order valence-corrected chi connectivity index (χ4v) is 1.88. The highest BCUT2D eigenvalue weighted by Gasteiger charge is 2.13. The van der Waals surface area contributed by atoms with E-state index in [0.29, 0.717) is 12.2 Å². The Balaban J connectivity index is 2.06. The van der Waals surface area contributed by atoms with Gasteiger partial charge in [-0.25, -0.2) is 0 Å². The second-order valence-corrected chi connectivity index (χ2v) is 4.67. The van der Waals surface area contributed by atoms with Crippen molar-refractivity contribution in [3.05, 3.63) is 52.5 Å². The Morgan fingerprint density at radius 1 is 1.59 bits per heavy atom. The lowest BCUT2D eigenvalue weighted by Gasteiger charge is -2.15. The molecule has 2 rings (SSSR count). The Morgan fingerprint density at radius 2 is 2.41 bits per heavy atom. The number of hydrogen-bond donors (Lipinski definition) is 1. The fraction of sp³-hybridized carbons (Fsp3) is 0.167. The Bertz CT molecular complexity index is 509. The molecule has 0 radical (unpaired) electrons. The molecule has 0 atom stereocenters. The van der Waals surface area contributed by atoms with Gasteiger partial charge in [0.2, 0.25) is 0 Å². The number of nitrogens with one attached hydrogen (secondary N) is 1. The number of aromatic nitrogens is 2. The number of carbonyl (C=O) groups is 1. The van der Waals surface area contributed by atoms with Crippen LogP contribution in [0, 0.1) is 0 Å². The number of hydrogen-bond acceptors (Lipinski definition) is 2. The molecule has 2 aromatic heterocycles. The van der Waals surface area contributed by atoms with E-state index >= 15 is 0 Å². The second-order valence-electron chi connectivity index (χ2n) is 3.75. The number of amides is 1. The first-order chi connectivity index (χ1) is 8.16. The lowest BCUT2D eigenvalue weighted by atomic mass is 10.2. The zero-order valence-corrected chi connectivity index (χ0v) is 10.9. The van der Waals surface area contributed by atoms with E-state index in [0.717, 1.165) is 10.0 Å². The van der Waals surface area contributed by atoms with Crippen molar-refractivity contribution in [3.8, 4) is 0 Å². The zero-order chi connectivity index (χ0) is 12.3. The molecule has 0 unspecified atom stereocenters. The molecule has 1 amide bonds. The molecule has 0 saturated carbocycles. The maximum atomic E-state index is 12.0. The van der Waals surface area contributed by atoms with Gasteiger partial charge in [0.15, 0.2) is 0 Å². The number of aromatic amines is 1. The van der Waals surface area contributed by atoms with Gasteiger partial charge in [0.05, 0.1) is 0 Å². The Kier molecular flexibility index (Phi) is 3.58. The standard InChI is InChI=1S/C12H12BrN3O/c1-16(8-9-3-2-4-14-6-9)12(17)11-5-10(13)7-15-11/h2-7,15H,8H2,1H3. The maximum Gasteiger partial charge on any atom is 0.270 e. The lowest BCUT2D eigenvalue weighted by molar-refractivity contribution is 0.0780. The van der Waals surface area contributed by atoms with Gasteiger partial charge in [0.1, 0.15) is 5.69 Å². The average molecular weight is 294 g/mol. The van der Waals surface area contributed by atoms with Crippen LogP contribution in [-0.4, -0.2) is 27.8 Å². The molecule has 0 aromatic carbocycles. The molecule has 2 heterocycles. The van der Waals surface area contributed by atoms with Gasteiger partial charge in [-0.15, -0.1) is 0 Å². The van der Waals surface area contributed by atoms with Crippen LogP contribution in [0.4, 0.5) is 0 Å². The Labute approximate surface area is 108 Å². The van der Waals surface area contributed by atoms with Crippen molar-refractivity contribution in [1.82, 2.24) is 14.9 Å². The third-order valence-electron chi connectivity index (χ3n) is 2.37. The summed E-state index contributed by atoms with van der Waals surface area (Å²) in [5.41, 5.74) is 1.58.